The number of halogens is 1. The fourth-order valence-electron chi connectivity index (χ4n) is 2.76. The molecule has 1 atom stereocenters. The highest BCUT2D eigenvalue weighted by Crippen LogP contribution is 2.28. The summed E-state index contributed by atoms with van der Waals surface area (Å²) in [5.41, 5.74) is 1.46. The fraction of sp³-hybridized carbons (Fsp3) is 0.625. The lowest BCUT2D eigenvalue weighted by atomic mass is 10.1. The first-order valence-corrected chi connectivity index (χ1v) is 8.23. The van der Waals surface area contributed by atoms with Crippen LogP contribution < -0.4 is 4.90 Å². The molecule has 1 fully saturated rings. The molecule has 0 bridgehead atoms. The van der Waals surface area contributed by atoms with E-state index in [1.54, 1.807) is 6.92 Å². The van der Waals surface area contributed by atoms with Gasteiger partial charge in [0.25, 0.3) is 0 Å². The molecular formula is C16H25BrN2O2. The van der Waals surface area contributed by atoms with Crippen LogP contribution in [0.3, 0.4) is 0 Å². The van der Waals surface area contributed by atoms with Gasteiger partial charge in [0, 0.05) is 42.9 Å². The van der Waals surface area contributed by atoms with Crippen LogP contribution in [-0.2, 0) is 0 Å². The number of rotatable bonds is 4. The maximum absolute atomic E-state index is 9.89. The van der Waals surface area contributed by atoms with Gasteiger partial charge in [0.1, 0.15) is 0 Å². The monoisotopic (exact) mass is 356 g/mol. The fourth-order valence-corrected chi connectivity index (χ4v) is 3.46. The van der Waals surface area contributed by atoms with Gasteiger partial charge in [-0.25, -0.2) is 0 Å². The summed E-state index contributed by atoms with van der Waals surface area (Å²) in [5, 5.41) is 19.6. The topological polar surface area (TPSA) is 46.9 Å². The van der Waals surface area contributed by atoms with Crippen LogP contribution in [0, 0.1) is 0 Å². The third-order valence-corrected chi connectivity index (χ3v) is 4.47. The number of hydrogen-bond donors (Lipinski definition) is 2. The number of β-amino-alcohol motifs (C(OH)–C–C–N with tert-alkyl or cyclic N) is 1. The summed E-state index contributed by atoms with van der Waals surface area (Å²) < 4.78 is 0.953. The molecule has 1 unspecified atom stereocenters. The summed E-state index contributed by atoms with van der Waals surface area (Å²) in [5.74, 6) is 0. The zero-order chi connectivity index (χ0) is 15.6. The number of aliphatic hydroxyl groups excluding tert-OH is 1. The number of aliphatic hydroxyl groups is 2. The molecule has 2 N–H and O–H groups in total. The molecule has 1 aliphatic heterocycles. The van der Waals surface area contributed by atoms with Crippen molar-refractivity contribution in [3.05, 3.63) is 28.2 Å². The van der Waals surface area contributed by atoms with Gasteiger partial charge in [-0.2, -0.15) is 0 Å². The lowest BCUT2D eigenvalue weighted by Crippen LogP contribution is -2.50. The van der Waals surface area contributed by atoms with Crippen molar-refractivity contribution in [1.82, 2.24) is 4.90 Å². The molecule has 1 aliphatic rings. The largest absolute Gasteiger partial charge is 0.389 e. The van der Waals surface area contributed by atoms with Crippen LogP contribution in [0.15, 0.2) is 22.7 Å². The number of nitrogens with zero attached hydrogens (tertiary/aromatic N) is 2. The van der Waals surface area contributed by atoms with E-state index in [-0.39, 0.29) is 0 Å². The first kappa shape index (κ1) is 16.7. The molecule has 118 valence electrons. The molecule has 2 rings (SSSR count). The Balaban J connectivity index is 1.98. The molecular weight excluding hydrogens is 332 g/mol. The summed E-state index contributed by atoms with van der Waals surface area (Å²) in [6, 6.07) is 6.12. The average Bonchev–Trinajstić information content (AvgIpc) is 2.37. The molecule has 1 aromatic rings. The van der Waals surface area contributed by atoms with Gasteiger partial charge in [-0.1, -0.05) is 22.0 Å². The number of hydrogen-bond acceptors (Lipinski definition) is 4. The van der Waals surface area contributed by atoms with Crippen LogP contribution in [0.4, 0.5) is 5.69 Å². The minimum atomic E-state index is -0.635. The minimum Gasteiger partial charge on any atom is -0.389 e. The van der Waals surface area contributed by atoms with Crippen molar-refractivity contribution in [3.8, 4) is 0 Å². The van der Waals surface area contributed by atoms with E-state index in [4.69, 9.17) is 0 Å². The Morgan fingerprint density at radius 1 is 1.24 bits per heavy atom. The second-order valence-corrected chi connectivity index (χ2v) is 7.31. The van der Waals surface area contributed by atoms with Gasteiger partial charge in [0.2, 0.25) is 0 Å². The standard InChI is InChI=1S/C16H25BrN2O2/c1-12(20)14-5-4-13(10-15(14)17)19-8-6-18(7-9-19)11-16(2,3)21/h4-5,10,12,20-21H,6-9,11H2,1-3H3. The Labute approximate surface area is 135 Å². The highest BCUT2D eigenvalue weighted by atomic mass is 79.9. The van der Waals surface area contributed by atoms with Crippen molar-refractivity contribution in [3.63, 3.8) is 0 Å². The molecule has 0 aliphatic carbocycles. The van der Waals surface area contributed by atoms with Crippen molar-refractivity contribution >= 4 is 21.6 Å². The summed E-state index contributed by atoms with van der Waals surface area (Å²) in [4.78, 5) is 4.65. The Kier molecular flexibility index (Phi) is 5.30. The van der Waals surface area contributed by atoms with Crippen LogP contribution in [0.2, 0.25) is 0 Å². The predicted octanol–water partition coefficient (Wildman–Crippen LogP) is 2.40. The van der Waals surface area contributed by atoms with E-state index in [1.165, 1.54) is 5.69 Å². The molecule has 1 heterocycles. The van der Waals surface area contributed by atoms with Gasteiger partial charge in [-0.15, -0.1) is 0 Å². The molecule has 0 amide bonds. The average molecular weight is 357 g/mol. The zero-order valence-electron chi connectivity index (χ0n) is 13.0. The third kappa shape index (κ3) is 4.68. The first-order valence-electron chi connectivity index (χ1n) is 7.43. The van der Waals surface area contributed by atoms with Gasteiger partial charge < -0.3 is 15.1 Å². The van der Waals surface area contributed by atoms with Crippen LogP contribution in [0.1, 0.15) is 32.4 Å². The molecule has 21 heavy (non-hydrogen) atoms. The van der Waals surface area contributed by atoms with Crippen LogP contribution in [-0.4, -0.2) is 53.4 Å². The summed E-state index contributed by atoms with van der Waals surface area (Å²) in [6.45, 7) is 10.0. The molecule has 0 aromatic heterocycles. The second-order valence-electron chi connectivity index (χ2n) is 6.46. The van der Waals surface area contributed by atoms with Crippen molar-refractivity contribution in [2.45, 2.75) is 32.5 Å². The van der Waals surface area contributed by atoms with E-state index >= 15 is 0 Å². The van der Waals surface area contributed by atoms with E-state index in [1.807, 2.05) is 19.9 Å². The molecule has 0 saturated carbocycles. The number of anilines is 1. The van der Waals surface area contributed by atoms with Gasteiger partial charge in [0.05, 0.1) is 11.7 Å². The summed E-state index contributed by atoms with van der Waals surface area (Å²) in [6.07, 6.45) is -0.461. The van der Waals surface area contributed by atoms with Crippen LogP contribution in [0.25, 0.3) is 0 Å². The van der Waals surface area contributed by atoms with Crippen LogP contribution >= 0.6 is 15.9 Å². The van der Waals surface area contributed by atoms with Gasteiger partial charge in [0.15, 0.2) is 0 Å². The lowest BCUT2D eigenvalue weighted by Gasteiger charge is -2.38. The van der Waals surface area contributed by atoms with Crippen LogP contribution in [0.5, 0.6) is 0 Å². The molecule has 0 spiro atoms. The van der Waals surface area contributed by atoms with E-state index < -0.39 is 11.7 Å². The quantitative estimate of drug-likeness (QED) is 0.869. The number of benzene rings is 1. The Bertz CT molecular complexity index is 478. The molecule has 0 radical (unpaired) electrons. The predicted molar refractivity (Wildman–Crippen MR) is 89.7 cm³/mol. The smallest absolute Gasteiger partial charge is 0.0772 e. The Hall–Kier alpha value is -0.620. The van der Waals surface area contributed by atoms with Crippen molar-refractivity contribution in [2.24, 2.45) is 0 Å². The highest BCUT2D eigenvalue weighted by molar-refractivity contribution is 9.10. The lowest BCUT2D eigenvalue weighted by molar-refractivity contribution is 0.0345. The van der Waals surface area contributed by atoms with Crippen molar-refractivity contribution < 1.29 is 10.2 Å². The summed E-state index contributed by atoms with van der Waals surface area (Å²) >= 11 is 3.54. The minimum absolute atomic E-state index is 0.461. The second kappa shape index (κ2) is 6.65. The van der Waals surface area contributed by atoms with Crippen molar-refractivity contribution in [2.75, 3.05) is 37.6 Å². The normalized spacial score (nSPS) is 18.9. The first-order chi connectivity index (χ1) is 9.76. The van der Waals surface area contributed by atoms with E-state index in [2.05, 4.69) is 37.9 Å². The zero-order valence-corrected chi connectivity index (χ0v) is 14.6. The van der Waals surface area contributed by atoms with E-state index in [0.717, 1.165) is 36.2 Å². The van der Waals surface area contributed by atoms with Crippen molar-refractivity contribution in [1.29, 1.82) is 0 Å². The molecule has 1 saturated heterocycles. The molecule has 1 aromatic carbocycles. The maximum Gasteiger partial charge on any atom is 0.0772 e. The van der Waals surface area contributed by atoms with E-state index in [9.17, 15) is 10.2 Å². The van der Waals surface area contributed by atoms with Gasteiger partial charge in [-0.05, 0) is 38.5 Å². The SMILES string of the molecule is CC(O)c1ccc(N2CCN(CC(C)(C)O)CC2)cc1Br. The summed E-state index contributed by atoms with van der Waals surface area (Å²) in [7, 11) is 0. The molecule has 5 heteroatoms. The molecule has 4 nitrogen and oxygen atoms in total. The van der Waals surface area contributed by atoms with Gasteiger partial charge >= 0.3 is 0 Å². The Morgan fingerprint density at radius 3 is 2.33 bits per heavy atom. The van der Waals surface area contributed by atoms with E-state index in [0.29, 0.717) is 6.54 Å². The maximum atomic E-state index is 9.89. The number of piperazine rings is 1. The van der Waals surface area contributed by atoms with Gasteiger partial charge in [-0.3, -0.25) is 4.90 Å². The third-order valence-electron chi connectivity index (χ3n) is 3.78. The Morgan fingerprint density at radius 2 is 1.86 bits per heavy atom. The highest BCUT2D eigenvalue weighted by Gasteiger charge is 2.23.